The zero-order valence-electron chi connectivity index (χ0n) is 10.4. The van der Waals surface area contributed by atoms with Crippen molar-refractivity contribution in [1.82, 2.24) is 4.98 Å². The number of hydrogen-bond donors (Lipinski definition) is 2. The molecular weight excluding hydrogens is 308 g/mol. The number of hydrogen-bond acceptors (Lipinski definition) is 3. The van der Waals surface area contributed by atoms with Gasteiger partial charge >= 0.3 is 5.97 Å². The van der Waals surface area contributed by atoms with Gasteiger partial charge in [-0.3, -0.25) is 4.98 Å². The van der Waals surface area contributed by atoms with E-state index in [0.29, 0.717) is 12.2 Å². The first kappa shape index (κ1) is 13.5. The number of rotatable bonds is 4. The maximum atomic E-state index is 11.1. The molecule has 0 spiro atoms. The van der Waals surface area contributed by atoms with Crippen LogP contribution in [0.25, 0.3) is 0 Å². The SMILES string of the molecule is Cc1cnccc1CNc1cc(Br)ccc1C(=O)O. The molecule has 1 aromatic carbocycles. The molecule has 4 nitrogen and oxygen atoms in total. The van der Waals surface area contributed by atoms with Crippen molar-refractivity contribution in [1.29, 1.82) is 0 Å². The first-order valence-electron chi connectivity index (χ1n) is 5.74. The smallest absolute Gasteiger partial charge is 0.337 e. The first-order valence-corrected chi connectivity index (χ1v) is 6.53. The second-order valence-corrected chi connectivity index (χ2v) is 5.07. The fourth-order valence-corrected chi connectivity index (χ4v) is 2.10. The third-order valence-electron chi connectivity index (χ3n) is 2.82. The molecule has 2 N–H and O–H groups in total. The van der Waals surface area contributed by atoms with E-state index in [1.807, 2.05) is 13.0 Å². The van der Waals surface area contributed by atoms with Crippen molar-refractivity contribution >= 4 is 27.6 Å². The van der Waals surface area contributed by atoms with E-state index in [-0.39, 0.29) is 5.56 Å². The van der Waals surface area contributed by atoms with Gasteiger partial charge in [-0.1, -0.05) is 15.9 Å². The lowest BCUT2D eigenvalue weighted by Gasteiger charge is -2.11. The van der Waals surface area contributed by atoms with Crippen LogP contribution in [0.2, 0.25) is 0 Å². The average molecular weight is 321 g/mol. The van der Waals surface area contributed by atoms with Gasteiger partial charge in [0.2, 0.25) is 0 Å². The summed E-state index contributed by atoms with van der Waals surface area (Å²) in [5.74, 6) is -0.943. The summed E-state index contributed by atoms with van der Waals surface area (Å²) in [6, 6.07) is 6.97. The maximum absolute atomic E-state index is 11.1. The lowest BCUT2D eigenvalue weighted by atomic mass is 10.1. The van der Waals surface area contributed by atoms with Crippen molar-refractivity contribution in [2.75, 3.05) is 5.32 Å². The Balaban J connectivity index is 2.22. The summed E-state index contributed by atoms with van der Waals surface area (Å²) in [7, 11) is 0. The maximum Gasteiger partial charge on any atom is 0.337 e. The molecule has 0 atom stereocenters. The zero-order valence-corrected chi connectivity index (χ0v) is 11.9. The fraction of sp³-hybridized carbons (Fsp3) is 0.143. The van der Waals surface area contributed by atoms with Crippen LogP contribution in [-0.2, 0) is 6.54 Å². The Kier molecular flexibility index (Phi) is 4.16. The number of anilines is 1. The Hall–Kier alpha value is -1.88. The predicted molar refractivity (Wildman–Crippen MR) is 77.4 cm³/mol. The minimum absolute atomic E-state index is 0.259. The zero-order chi connectivity index (χ0) is 13.8. The molecule has 0 aliphatic heterocycles. The summed E-state index contributed by atoms with van der Waals surface area (Å²) >= 11 is 3.34. The molecule has 2 rings (SSSR count). The third-order valence-corrected chi connectivity index (χ3v) is 3.31. The summed E-state index contributed by atoms with van der Waals surface area (Å²) in [5, 5.41) is 12.3. The van der Waals surface area contributed by atoms with Crippen molar-refractivity contribution in [3.05, 3.63) is 57.8 Å². The Morgan fingerprint density at radius 1 is 1.42 bits per heavy atom. The number of pyridine rings is 1. The summed E-state index contributed by atoms with van der Waals surface area (Å²) in [6.45, 7) is 2.54. The number of carboxylic acids is 1. The van der Waals surface area contributed by atoms with E-state index in [2.05, 4.69) is 26.2 Å². The molecule has 0 fully saturated rings. The number of aromatic carboxylic acids is 1. The molecule has 1 heterocycles. The van der Waals surface area contributed by atoms with Crippen LogP contribution in [0.15, 0.2) is 41.1 Å². The number of aryl methyl sites for hydroxylation is 1. The molecule has 0 saturated heterocycles. The molecule has 0 radical (unpaired) electrons. The molecule has 0 unspecified atom stereocenters. The second-order valence-electron chi connectivity index (χ2n) is 4.15. The minimum Gasteiger partial charge on any atom is -0.478 e. The molecule has 0 aliphatic carbocycles. The van der Waals surface area contributed by atoms with Gasteiger partial charge in [0, 0.05) is 23.4 Å². The number of nitrogens with zero attached hydrogens (tertiary/aromatic N) is 1. The molecule has 0 amide bonds. The highest BCUT2D eigenvalue weighted by Crippen LogP contribution is 2.22. The number of aromatic nitrogens is 1. The van der Waals surface area contributed by atoms with Gasteiger partial charge < -0.3 is 10.4 Å². The number of halogens is 1. The normalized spacial score (nSPS) is 10.2. The minimum atomic E-state index is -0.943. The Morgan fingerprint density at radius 3 is 2.89 bits per heavy atom. The standard InChI is InChI=1S/C14H13BrN2O2/c1-9-7-16-5-4-10(9)8-17-13-6-11(15)2-3-12(13)14(18)19/h2-7,17H,8H2,1H3,(H,18,19). The van der Waals surface area contributed by atoms with E-state index < -0.39 is 5.97 Å². The van der Waals surface area contributed by atoms with Crippen molar-refractivity contribution < 1.29 is 9.90 Å². The summed E-state index contributed by atoms with van der Waals surface area (Å²) < 4.78 is 0.839. The van der Waals surface area contributed by atoms with Gasteiger partial charge in [0.1, 0.15) is 0 Å². The van der Waals surface area contributed by atoms with Crippen LogP contribution in [0.4, 0.5) is 5.69 Å². The van der Waals surface area contributed by atoms with Crippen LogP contribution in [0.1, 0.15) is 21.5 Å². The molecular formula is C14H13BrN2O2. The molecule has 0 saturated carbocycles. The number of benzene rings is 1. The molecule has 1 aromatic heterocycles. The predicted octanol–water partition coefficient (Wildman–Crippen LogP) is 3.46. The Bertz CT molecular complexity index is 614. The quantitative estimate of drug-likeness (QED) is 0.905. The number of carboxylic acid groups (broad SMARTS) is 1. The Labute approximate surface area is 119 Å². The lowest BCUT2D eigenvalue weighted by molar-refractivity contribution is 0.0698. The van der Waals surface area contributed by atoms with Crippen LogP contribution in [0.5, 0.6) is 0 Å². The van der Waals surface area contributed by atoms with Gasteiger partial charge in [0.05, 0.1) is 11.3 Å². The summed E-state index contributed by atoms with van der Waals surface area (Å²) in [6.07, 6.45) is 3.51. The van der Waals surface area contributed by atoms with Gasteiger partial charge in [-0.2, -0.15) is 0 Å². The van der Waals surface area contributed by atoms with E-state index >= 15 is 0 Å². The van der Waals surface area contributed by atoms with Crippen molar-refractivity contribution in [2.45, 2.75) is 13.5 Å². The molecule has 2 aromatic rings. The Morgan fingerprint density at radius 2 is 2.21 bits per heavy atom. The molecule has 98 valence electrons. The van der Waals surface area contributed by atoms with Crippen LogP contribution in [-0.4, -0.2) is 16.1 Å². The average Bonchev–Trinajstić information content (AvgIpc) is 2.37. The monoisotopic (exact) mass is 320 g/mol. The topological polar surface area (TPSA) is 62.2 Å². The van der Waals surface area contributed by atoms with Crippen LogP contribution >= 0.6 is 15.9 Å². The van der Waals surface area contributed by atoms with Gasteiger partial charge in [0.25, 0.3) is 0 Å². The number of carbonyl (C=O) groups is 1. The third kappa shape index (κ3) is 3.32. The first-order chi connectivity index (χ1) is 9.08. The second kappa shape index (κ2) is 5.84. The highest BCUT2D eigenvalue weighted by Gasteiger charge is 2.10. The van der Waals surface area contributed by atoms with Gasteiger partial charge in [0.15, 0.2) is 0 Å². The van der Waals surface area contributed by atoms with Crippen molar-refractivity contribution in [2.24, 2.45) is 0 Å². The summed E-state index contributed by atoms with van der Waals surface area (Å²) in [4.78, 5) is 15.2. The van der Waals surface area contributed by atoms with Crippen LogP contribution < -0.4 is 5.32 Å². The van der Waals surface area contributed by atoms with Gasteiger partial charge in [-0.15, -0.1) is 0 Å². The molecule has 0 aliphatic rings. The summed E-state index contributed by atoms with van der Waals surface area (Å²) in [5.41, 5.74) is 3.01. The highest BCUT2D eigenvalue weighted by atomic mass is 79.9. The largest absolute Gasteiger partial charge is 0.478 e. The van der Waals surface area contributed by atoms with Crippen LogP contribution in [0.3, 0.4) is 0 Å². The van der Waals surface area contributed by atoms with E-state index in [9.17, 15) is 4.79 Å². The van der Waals surface area contributed by atoms with Crippen LogP contribution in [0, 0.1) is 6.92 Å². The van der Waals surface area contributed by atoms with Crippen molar-refractivity contribution in [3.8, 4) is 0 Å². The highest BCUT2D eigenvalue weighted by molar-refractivity contribution is 9.10. The molecule has 0 bridgehead atoms. The molecule has 19 heavy (non-hydrogen) atoms. The number of nitrogens with one attached hydrogen (secondary N) is 1. The van der Waals surface area contributed by atoms with Crippen molar-refractivity contribution in [3.63, 3.8) is 0 Å². The van der Waals surface area contributed by atoms with E-state index in [1.165, 1.54) is 0 Å². The fourth-order valence-electron chi connectivity index (χ4n) is 1.74. The van der Waals surface area contributed by atoms with Gasteiger partial charge in [-0.05, 0) is 42.3 Å². The van der Waals surface area contributed by atoms with E-state index in [4.69, 9.17) is 5.11 Å². The van der Waals surface area contributed by atoms with E-state index in [1.54, 1.807) is 30.6 Å². The van der Waals surface area contributed by atoms with E-state index in [0.717, 1.165) is 15.6 Å². The van der Waals surface area contributed by atoms with Gasteiger partial charge in [-0.25, -0.2) is 4.79 Å². The lowest BCUT2D eigenvalue weighted by Crippen LogP contribution is -2.07. The molecule has 5 heteroatoms.